The lowest BCUT2D eigenvalue weighted by Gasteiger charge is -2.31. The third-order valence-electron chi connectivity index (χ3n) is 3.93. The van der Waals surface area contributed by atoms with Gasteiger partial charge in [-0.3, -0.25) is 4.79 Å². The number of carbonyl (C=O) groups is 1. The molecule has 0 radical (unpaired) electrons. The van der Waals surface area contributed by atoms with Gasteiger partial charge >= 0.3 is 0 Å². The summed E-state index contributed by atoms with van der Waals surface area (Å²) in [6, 6.07) is 7.90. The molecule has 0 aliphatic carbocycles. The van der Waals surface area contributed by atoms with E-state index in [1.54, 1.807) is 0 Å². The summed E-state index contributed by atoms with van der Waals surface area (Å²) in [5.41, 5.74) is 1.03. The molecule has 22 heavy (non-hydrogen) atoms. The molecule has 0 spiro atoms. The van der Waals surface area contributed by atoms with Crippen molar-refractivity contribution >= 4 is 18.3 Å². The molecule has 1 aliphatic rings. The van der Waals surface area contributed by atoms with E-state index in [0.29, 0.717) is 25.0 Å². The van der Waals surface area contributed by atoms with E-state index >= 15 is 0 Å². The zero-order valence-electron chi connectivity index (χ0n) is 13.6. The molecule has 1 atom stereocenters. The number of ether oxygens (including phenoxy) is 1. The molecule has 1 fully saturated rings. The lowest BCUT2D eigenvalue weighted by atomic mass is 9.88. The summed E-state index contributed by atoms with van der Waals surface area (Å²) in [5, 5.41) is 6.24. The minimum atomic E-state index is 0. The van der Waals surface area contributed by atoms with Crippen molar-refractivity contribution in [2.45, 2.75) is 27.3 Å². The van der Waals surface area contributed by atoms with Gasteiger partial charge in [0.25, 0.3) is 0 Å². The van der Waals surface area contributed by atoms with Gasteiger partial charge in [-0.2, -0.15) is 0 Å². The first-order valence-corrected chi connectivity index (χ1v) is 7.77. The Morgan fingerprint density at radius 2 is 2.00 bits per heavy atom. The van der Waals surface area contributed by atoms with E-state index in [9.17, 15) is 4.79 Å². The van der Waals surface area contributed by atoms with Crippen molar-refractivity contribution in [1.29, 1.82) is 0 Å². The molecule has 5 heteroatoms. The first-order valence-electron chi connectivity index (χ1n) is 7.77. The number of hydrogen-bond donors (Lipinski definition) is 2. The maximum atomic E-state index is 12.1. The fourth-order valence-corrected chi connectivity index (χ4v) is 2.27. The van der Waals surface area contributed by atoms with Crippen LogP contribution >= 0.6 is 12.4 Å². The highest BCUT2D eigenvalue weighted by Gasteiger charge is 2.28. The summed E-state index contributed by atoms with van der Waals surface area (Å²) in [5.74, 6) is 2.01. The van der Waals surface area contributed by atoms with Gasteiger partial charge in [-0.15, -0.1) is 12.4 Å². The number of carbonyl (C=O) groups excluding carboxylic acids is 1. The fraction of sp³-hybridized carbons (Fsp3) is 0.588. The molecule has 1 heterocycles. The lowest BCUT2D eigenvalue weighted by Crippen LogP contribution is -2.49. The van der Waals surface area contributed by atoms with Gasteiger partial charge in [-0.05, 0) is 31.0 Å². The Hall–Kier alpha value is -1.26. The van der Waals surface area contributed by atoms with Crippen LogP contribution in [0.3, 0.4) is 0 Å². The predicted molar refractivity (Wildman–Crippen MR) is 91.4 cm³/mol. The number of para-hydroxylation sites is 1. The number of benzene rings is 1. The third-order valence-corrected chi connectivity index (χ3v) is 3.93. The van der Waals surface area contributed by atoms with E-state index in [-0.39, 0.29) is 24.2 Å². The van der Waals surface area contributed by atoms with Gasteiger partial charge in [0.2, 0.25) is 5.91 Å². The number of nitrogens with one attached hydrogen (secondary N) is 2. The normalized spacial score (nSPS) is 15.6. The molecule has 124 valence electrons. The molecule has 2 rings (SSSR count). The van der Waals surface area contributed by atoms with Crippen molar-refractivity contribution in [1.82, 2.24) is 10.6 Å². The summed E-state index contributed by atoms with van der Waals surface area (Å²) < 4.78 is 5.81. The first kappa shape index (κ1) is 18.8. The van der Waals surface area contributed by atoms with Gasteiger partial charge in [-0.1, -0.05) is 39.0 Å². The van der Waals surface area contributed by atoms with Crippen LogP contribution in [0.1, 0.15) is 26.3 Å². The highest BCUT2D eigenvalue weighted by atomic mass is 35.5. The molecule has 1 amide bonds. The summed E-state index contributed by atoms with van der Waals surface area (Å²) in [7, 11) is 0. The fourth-order valence-electron chi connectivity index (χ4n) is 2.27. The number of rotatable bonds is 7. The van der Waals surface area contributed by atoms with E-state index < -0.39 is 0 Å². The maximum absolute atomic E-state index is 12.1. The molecule has 1 aliphatic heterocycles. The second-order valence-corrected chi connectivity index (χ2v) is 6.24. The summed E-state index contributed by atoms with van der Waals surface area (Å²) in [6.45, 7) is 9.36. The van der Waals surface area contributed by atoms with Crippen molar-refractivity contribution < 1.29 is 9.53 Å². The topological polar surface area (TPSA) is 50.4 Å². The second kappa shape index (κ2) is 9.01. The van der Waals surface area contributed by atoms with Crippen LogP contribution in [0.5, 0.6) is 5.75 Å². The van der Waals surface area contributed by atoms with E-state index in [1.807, 2.05) is 31.2 Å². The Balaban J connectivity index is 0.00000242. The van der Waals surface area contributed by atoms with Crippen LogP contribution in [-0.4, -0.2) is 25.6 Å². The largest absolute Gasteiger partial charge is 0.493 e. The van der Waals surface area contributed by atoms with E-state index in [4.69, 9.17) is 4.74 Å². The van der Waals surface area contributed by atoms with Crippen molar-refractivity contribution in [2.75, 3.05) is 19.7 Å². The molecular weight excluding hydrogens is 300 g/mol. The van der Waals surface area contributed by atoms with E-state index in [2.05, 4.69) is 24.5 Å². The van der Waals surface area contributed by atoms with Crippen molar-refractivity contribution in [3.63, 3.8) is 0 Å². The molecule has 1 aromatic carbocycles. The molecule has 1 unspecified atom stereocenters. The van der Waals surface area contributed by atoms with Gasteiger partial charge in [0.15, 0.2) is 0 Å². The van der Waals surface area contributed by atoms with Crippen LogP contribution in [0.15, 0.2) is 24.3 Å². The standard InChI is InChI=1S/C17H26N2O2.ClH/c1-12(2)11-21-16-7-5-4-6-14(16)10-19-17(20)13(3)15-8-18-9-15;/h4-7,12-13,15,18H,8-11H2,1-3H3,(H,19,20);1H. The van der Waals surface area contributed by atoms with Gasteiger partial charge < -0.3 is 15.4 Å². The first-order chi connectivity index (χ1) is 10.1. The molecule has 1 aromatic rings. The second-order valence-electron chi connectivity index (χ2n) is 6.24. The van der Waals surface area contributed by atoms with Gasteiger partial charge in [-0.25, -0.2) is 0 Å². The van der Waals surface area contributed by atoms with Crippen LogP contribution in [0, 0.1) is 17.8 Å². The van der Waals surface area contributed by atoms with Gasteiger partial charge in [0, 0.05) is 18.0 Å². The van der Waals surface area contributed by atoms with Crippen LogP contribution in [0.25, 0.3) is 0 Å². The van der Waals surface area contributed by atoms with Crippen molar-refractivity contribution in [3.05, 3.63) is 29.8 Å². The van der Waals surface area contributed by atoms with Crippen molar-refractivity contribution in [3.8, 4) is 5.75 Å². The third kappa shape index (κ3) is 5.18. The smallest absolute Gasteiger partial charge is 0.223 e. The number of hydrogen-bond acceptors (Lipinski definition) is 3. The summed E-state index contributed by atoms with van der Waals surface area (Å²) in [6.07, 6.45) is 0. The van der Waals surface area contributed by atoms with E-state index in [0.717, 1.165) is 24.4 Å². The molecule has 0 bridgehead atoms. The van der Waals surface area contributed by atoms with Crippen LogP contribution in [0.4, 0.5) is 0 Å². The maximum Gasteiger partial charge on any atom is 0.223 e. The Morgan fingerprint density at radius 3 is 2.59 bits per heavy atom. The zero-order chi connectivity index (χ0) is 15.2. The Bertz CT molecular complexity index is 475. The van der Waals surface area contributed by atoms with E-state index in [1.165, 1.54) is 0 Å². The Morgan fingerprint density at radius 1 is 1.32 bits per heavy atom. The number of halogens is 1. The average Bonchev–Trinajstić information content (AvgIpc) is 2.41. The Kier molecular flexibility index (Phi) is 7.69. The highest BCUT2D eigenvalue weighted by molar-refractivity contribution is 5.85. The van der Waals surface area contributed by atoms with Crippen molar-refractivity contribution in [2.24, 2.45) is 17.8 Å². The summed E-state index contributed by atoms with van der Waals surface area (Å²) >= 11 is 0. The monoisotopic (exact) mass is 326 g/mol. The van der Waals surface area contributed by atoms with Gasteiger partial charge in [0.1, 0.15) is 5.75 Å². The summed E-state index contributed by atoms with van der Waals surface area (Å²) in [4.78, 5) is 12.1. The highest BCUT2D eigenvalue weighted by Crippen LogP contribution is 2.20. The average molecular weight is 327 g/mol. The molecule has 4 nitrogen and oxygen atoms in total. The number of amides is 1. The van der Waals surface area contributed by atoms with Crippen LogP contribution in [0.2, 0.25) is 0 Å². The minimum absolute atomic E-state index is 0. The van der Waals surface area contributed by atoms with Crippen LogP contribution in [-0.2, 0) is 11.3 Å². The zero-order valence-corrected chi connectivity index (χ0v) is 14.4. The molecule has 0 saturated carbocycles. The minimum Gasteiger partial charge on any atom is -0.493 e. The SMILES string of the molecule is CC(C)COc1ccccc1CNC(=O)C(C)C1CNC1.Cl. The molecular formula is C17H27ClN2O2. The van der Waals surface area contributed by atoms with Crippen LogP contribution < -0.4 is 15.4 Å². The molecule has 1 saturated heterocycles. The lowest BCUT2D eigenvalue weighted by molar-refractivity contribution is -0.126. The quantitative estimate of drug-likeness (QED) is 0.810. The molecule has 0 aromatic heterocycles. The van der Waals surface area contributed by atoms with Gasteiger partial charge in [0.05, 0.1) is 6.61 Å². The Labute approximate surface area is 139 Å². The predicted octanol–water partition coefficient (Wildman–Crippen LogP) is 2.61. The molecule has 2 N–H and O–H groups in total.